The maximum atomic E-state index is 14.4. The minimum atomic E-state index is -2.26. The van der Waals surface area contributed by atoms with Gasteiger partial charge in [0.25, 0.3) is 11.8 Å². The molecule has 21 N–H and O–H groups in total. The first-order chi connectivity index (χ1) is 47.2. The van der Waals surface area contributed by atoms with E-state index in [1.807, 2.05) is 0 Å². The normalized spacial score (nSPS) is 41.0. The molecule has 0 aromatic heterocycles. The van der Waals surface area contributed by atoms with E-state index in [4.69, 9.17) is 76.8 Å². The summed E-state index contributed by atoms with van der Waals surface area (Å²) in [4.78, 5) is 27.1. The number of aliphatic hydroxyl groups is 17. The molecular formula is C59H89N5O34. The first-order valence-corrected chi connectivity index (χ1v) is 31.8. The number of hydrogen-bond donors (Lipinski definition) is 20. The number of carbonyl (C=O) groups excluding carboxylic acids is 2. The predicted octanol–water partition coefficient (Wildman–Crippen LogP) is -10.1. The predicted molar refractivity (Wildman–Crippen MR) is 317 cm³/mol. The number of benzene rings is 2. The molecule has 0 radical (unpaired) electrons. The van der Waals surface area contributed by atoms with Crippen molar-refractivity contribution in [2.45, 2.75) is 191 Å². The highest BCUT2D eigenvalue weighted by Gasteiger charge is 2.59. The number of amides is 2. The van der Waals surface area contributed by atoms with E-state index in [9.17, 15) is 96.4 Å². The standard InChI is InChI=1S/C59H89N5O34/c60-10-1-12-84-14-16-86-17-15-85-13-11-61-52(82)24-2-6-26(7-3-24)63-64-27-8-4-25(5-9-27)53(83)62-34-35(71)54-87-28(18-65)46(34)93-55-41(77)36(72)48(30(20-67)88-55)95-57-43(79)38(74)50(32(22-69)90-57)97-59-45(81)40(76)51(33(23-70)92-59)98-58-44(80)39(75)49(31(21-68)91-58)96-56-42(78)37(73)47(94-54)29(19-66)89-56/h2-9,28-51,54-59,65-81H,1,10-23,60H2,(H,61,82)(H,62,83)/t28-,29-,30-,31-,32-,33-,34-,35-,36-,37-,38-,39-,40-,41-,42-,43-,44-,45-,46-,47-,48-,49-,50-,51-,54-,55-,56-,57-,58-,59-/m1/s1. The Kier molecular flexibility index (Phi) is 29.1. The van der Waals surface area contributed by atoms with Crippen LogP contribution >= 0.6 is 0 Å². The van der Waals surface area contributed by atoms with Gasteiger partial charge >= 0.3 is 0 Å². The summed E-state index contributed by atoms with van der Waals surface area (Å²) in [6, 6.07) is 9.69. The van der Waals surface area contributed by atoms with Crippen LogP contribution in [0.25, 0.3) is 0 Å². The minimum absolute atomic E-state index is 0.106. The molecule has 22 aliphatic heterocycles. The molecule has 2 aromatic rings. The van der Waals surface area contributed by atoms with Gasteiger partial charge in [-0.15, -0.1) is 0 Å². The SMILES string of the molecule is NCCCOCCOCCOCCNC(=O)c1ccc(N=Nc2ccc(C(=O)N[C@@H]3[C@@H](O)[C@H]4O[C@H]5[C@H](O)[C@@H](O)[C@@H](O[C@H]6[C@H](O)[C@@H](O)[C@@H](O[C@H]7[C@H](O)[C@@H](O)[C@@H](O[C@H]8[C@H](O)[C@@H](O)[C@@H](O[C@H]9[C@H](O)[C@@H](O)[C@@H](O[C@@H]3[C@@H](CO)O4)O[C@@H]9CO)O[C@@H]8CO)O[C@@H]7CO)O[C@@H]6CO)O[C@@H]5CO)cc2)cc1. The van der Waals surface area contributed by atoms with Crippen LogP contribution < -0.4 is 16.4 Å². The van der Waals surface area contributed by atoms with E-state index in [1.165, 1.54) is 36.4 Å². The van der Waals surface area contributed by atoms with Crippen molar-refractivity contribution in [2.75, 3.05) is 92.4 Å². The smallest absolute Gasteiger partial charge is 0.251 e. The third kappa shape index (κ3) is 18.3. The van der Waals surface area contributed by atoms with Gasteiger partial charge in [0.05, 0.1) is 90.1 Å². The number of carbonyl (C=O) groups is 2. The zero-order chi connectivity index (χ0) is 70.5. The molecule has 22 fully saturated rings. The van der Waals surface area contributed by atoms with Crippen molar-refractivity contribution in [3.05, 3.63) is 59.7 Å². The van der Waals surface area contributed by atoms with Gasteiger partial charge in [0, 0.05) is 24.3 Å². The van der Waals surface area contributed by atoms with E-state index in [0.717, 1.165) is 6.42 Å². The van der Waals surface area contributed by atoms with Crippen LogP contribution in [0.1, 0.15) is 27.1 Å². The van der Waals surface area contributed by atoms with Gasteiger partial charge in [-0.1, -0.05) is 0 Å². The summed E-state index contributed by atoms with van der Waals surface area (Å²) < 4.78 is 86.5. The van der Waals surface area contributed by atoms with Crippen molar-refractivity contribution in [3.8, 4) is 0 Å². The lowest BCUT2D eigenvalue weighted by atomic mass is 9.93. The Labute approximate surface area is 558 Å². The minimum Gasteiger partial charge on any atom is -0.394 e. The molecule has 30 atom stereocenters. The molecule has 39 heteroatoms. The lowest BCUT2D eigenvalue weighted by Gasteiger charge is -2.51. The molecule has 22 saturated heterocycles. The Balaban J connectivity index is 0.931. The van der Waals surface area contributed by atoms with Gasteiger partial charge in [0.1, 0.15) is 140 Å². The fraction of sp³-hybridized carbons (Fsp3) is 0.763. The van der Waals surface area contributed by atoms with Crippen LogP contribution in [0.4, 0.5) is 11.4 Å². The van der Waals surface area contributed by atoms with Gasteiger partial charge in [-0.3, -0.25) is 9.59 Å². The maximum Gasteiger partial charge on any atom is 0.251 e. The van der Waals surface area contributed by atoms with Gasteiger partial charge < -0.3 is 174 Å². The van der Waals surface area contributed by atoms with Crippen molar-refractivity contribution in [2.24, 2.45) is 16.0 Å². The zero-order valence-electron chi connectivity index (χ0n) is 52.6. The van der Waals surface area contributed by atoms with E-state index >= 15 is 0 Å². The second-order valence-electron chi connectivity index (χ2n) is 23.9. The summed E-state index contributed by atoms with van der Waals surface area (Å²) in [5, 5.41) is 205. The number of rotatable bonds is 23. The van der Waals surface area contributed by atoms with E-state index in [2.05, 4.69) is 20.9 Å². The molecule has 554 valence electrons. The summed E-state index contributed by atoms with van der Waals surface area (Å²) in [5.41, 5.74) is 6.23. The summed E-state index contributed by atoms with van der Waals surface area (Å²) >= 11 is 0. The lowest BCUT2D eigenvalue weighted by molar-refractivity contribution is -0.401. The number of nitrogens with zero attached hydrogens (tertiary/aromatic N) is 2. The summed E-state index contributed by atoms with van der Waals surface area (Å²) in [5.74, 6) is -1.33. The molecule has 39 nitrogen and oxygen atoms in total. The molecule has 22 heterocycles. The number of azo groups is 1. The Bertz CT molecular complexity index is 2770. The van der Waals surface area contributed by atoms with Crippen LogP contribution in [0, 0.1) is 0 Å². The quantitative estimate of drug-likeness (QED) is 0.0363. The van der Waals surface area contributed by atoms with Crippen molar-refractivity contribution < 1.29 is 167 Å². The first kappa shape index (κ1) is 77.8. The Hall–Kier alpha value is -4.34. The zero-order valence-corrected chi connectivity index (χ0v) is 52.6. The van der Waals surface area contributed by atoms with Gasteiger partial charge in [0.15, 0.2) is 37.7 Å². The third-order valence-electron chi connectivity index (χ3n) is 17.3. The second kappa shape index (κ2) is 36.7. The molecule has 0 aliphatic carbocycles. The molecular weight excluding hydrogens is 1320 g/mol. The molecule has 12 bridgehead atoms. The Morgan fingerprint density at radius 3 is 0.949 bits per heavy atom. The van der Waals surface area contributed by atoms with E-state index in [1.54, 1.807) is 12.1 Å². The van der Waals surface area contributed by atoms with Gasteiger partial charge in [-0.05, 0) is 61.5 Å². The third-order valence-corrected chi connectivity index (χ3v) is 17.3. The van der Waals surface area contributed by atoms with E-state index < -0.39 is 230 Å². The summed E-state index contributed by atoms with van der Waals surface area (Å²) in [6.07, 6.45) is -57.7. The topological polar surface area (TPSA) is 591 Å². The average molecular weight is 1410 g/mol. The summed E-state index contributed by atoms with van der Waals surface area (Å²) in [6.45, 7) is -3.19. The van der Waals surface area contributed by atoms with E-state index in [0.29, 0.717) is 50.8 Å². The fourth-order valence-electron chi connectivity index (χ4n) is 11.9. The van der Waals surface area contributed by atoms with E-state index in [-0.39, 0.29) is 30.3 Å². The van der Waals surface area contributed by atoms with Gasteiger partial charge in [0.2, 0.25) is 0 Å². The fourth-order valence-corrected chi connectivity index (χ4v) is 11.9. The van der Waals surface area contributed by atoms with Crippen LogP contribution in [0.3, 0.4) is 0 Å². The number of aliphatic hydroxyl groups excluding tert-OH is 17. The molecule has 24 rings (SSSR count). The number of ether oxygens (including phenoxy) is 15. The maximum absolute atomic E-state index is 14.4. The molecule has 0 unspecified atom stereocenters. The van der Waals surface area contributed by atoms with Crippen LogP contribution in [0.2, 0.25) is 0 Å². The highest BCUT2D eigenvalue weighted by molar-refractivity contribution is 5.95. The molecule has 0 spiro atoms. The number of nitrogens with two attached hydrogens (primary N) is 1. The van der Waals surface area contributed by atoms with Crippen LogP contribution in [-0.2, 0) is 71.1 Å². The van der Waals surface area contributed by atoms with Crippen molar-refractivity contribution in [1.82, 2.24) is 10.6 Å². The van der Waals surface area contributed by atoms with Crippen LogP contribution in [0.15, 0.2) is 58.8 Å². The Morgan fingerprint density at radius 1 is 0.357 bits per heavy atom. The van der Waals surface area contributed by atoms with Crippen molar-refractivity contribution in [1.29, 1.82) is 0 Å². The highest BCUT2D eigenvalue weighted by atomic mass is 16.8. The highest BCUT2D eigenvalue weighted by Crippen LogP contribution is 2.39. The van der Waals surface area contributed by atoms with Crippen LogP contribution in [-0.4, -0.2) is 375 Å². The molecule has 2 aromatic carbocycles. The first-order valence-electron chi connectivity index (χ1n) is 31.8. The summed E-state index contributed by atoms with van der Waals surface area (Å²) in [7, 11) is 0. The van der Waals surface area contributed by atoms with Crippen molar-refractivity contribution >= 4 is 23.2 Å². The number of nitrogens with one attached hydrogen (secondary N) is 2. The molecule has 2 amide bonds. The Morgan fingerprint density at radius 2 is 0.633 bits per heavy atom. The second-order valence-corrected chi connectivity index (χ2v) is 23.9. The van der Waals surface area contributed by atoms with Gasteiger partial charge in [-0.2, -0.15) is 10.2 Å². The van der Waals surface area contributed by atoms with Crippen LogP contribution in [0.5, 0.6) is 0 Å². The molecule has 98 heavy (non-hydrogen) atoms. The number of hydrogen-bond acceptors (Lipinski definition) is 37. The lowest BCUT2D eigenvalue weighted by Crippen LogP contribution is -2.70. The average Bonchev–Trinajstić information content (AvgIpc) is 0.768. The van der Waals surface area contributed by atoms with Gasteiger partial charge in [-0.25, -0.2) is 0 Å². The molecule has 22 aliphatic rings. The largest absolute Gasteiger partial charge is 0.394 e. The molecule has 0 saturated carbocycles. The van der Waals surface area contributed by atoms with Crippen molar-refractivity contribution in [3.63, 3.8) is 0 Å². The monoisotopic (exact) mass is 1410 g/mol.